The van der Waals surface area contributed by atoms with Crippen LogP contribution >= 0.6 is 22.6 Å². The summed E-state index contributed by atoms with van der Waals surface area (Å²) < 4.78 is 1.23. The number of benzene rings is 1. The van der Waals surface area contributed by atoms with E-state index in [1.807, 2.05) is 12.1 Å². The maximum atomic E-state index is 8.87. The first-order valence-electron chi connectivity index (χ1n) is 3.51. The van der Waals surface area contributed by atoms with Crippen molar-refractivity contribution in [3.8, 4) is 0 Å². The molecule has 2 heteroatoms. The topological polar surface area (TPSA) is 20.2 Å². The average molecular weight is 262 g/mol. The fourth-order valence-corrected chi connectivity index (χ4v) is 1.80. The van der Waals surface area contributed by atoms with Crippen molar-refractivity contribution in [2.45, 2.75) is 20.5 Å². The zero-order chi connectivity index (χ0) is 8.43. The monoisotopic (exact) mass is 262 g/mol. The van der Waals surface area contributed by atoms with Crippen molar-refractivity contribution in [2.24, 2.45) is 0 Å². The smallest absolute Gasteiger partial charge is 0.0682 e. The third kappa shape index (κ3) is 1.93. The van der Waals surface area contributed by atoms with Crippen molar-refractivity contribution in [3.05, 3.63) is 32.4 Å². The first-order chi connectivity index (χ1) is 5.15. The van der Waals surface area contributed by atoms with Crippen LogP contribution < -0.4 is 0 Å². The number of hydrogen-bond donors (Lipinski definition) is 1. The van der Waals surface area contributed by atoms with Gasteiger partial charge in [0.05, 0.1) is 6.61 Å². The van der Waals surface area contributed by atoms with Crippen LogP contribution in [0.5, 0.6) is 0 Å². The van der Waals surface area contributed by atoms with E-state index < -0.39 is 0 Å². The molecular formula is C9H11IO. The van der Waals surface area contributed by atoms with E-state index >= 15 is 0 Å². The van der Waals surface area contributed by atoms with Gasteiger partial charge in [0.15, 0.2) is 0 Å². The lowest BCUT2D eigenvalue weighted by Gasteiger charge is -2.05. The molecule has 0 unspecified atom stereocenters. The van der Waals surface area contributed by atoms with Crippen LogP contribution in [0.15, 0.2) is 12.1 Å². The maximum Gasteiger partial charge on any atom is 0.0682 e. The zero-order valence-electron chi connectivity index (χ0n) is 6.69. The van der Waals surface area contributed by atoms with Crippen molar-refractivity contribution in [1.82, 2.24) is 0 Å². The van der Waals surface area contributed by atoms with Gasteiger partial charge in [-0.25, -0.2) is 0 Å². The lowest BCUT2D eigenvalue weighted by atomic mass is 10.1. The summed E-state index contributed by atoms with van der Waals surface area (Å²) in [6, 6.07) is 4.04. The van der Waals surface area contributed by atoms with E-state index in [-0.39, 0.29) is 6.61 Å². The van der Waals surface area contributed by atoms with Crippen molar-refractivity contribution in [2.75, 3.05) is 0 Å². The van der Waals surface area contributed by atoms with E-state index in [4.69, 9.17) is 5.11 Å². The molecule has 0 radical (unpaired) electrons. The molecule has 0 spiro atoms. The Morgan fingerprint density at radius 1 is 1.36 bits per heavy atom. The third-order valence-corrected chi connectivity index (χ3v) is 2.97. The van der Waals surface area contributed by atoms with Gasteiger partial charge in [-0.05, 0) is 59.2 Å². The molecule has 0 bridgehead atoms. The minimum absolute atomic E-state index is 0.136. The Labute approximate surface area is 80.6 Å². The SMILES string of the molecule is Cc1cc(CO)cc(I)c1C. The van der Waals surface area contributed by atoms with E-state index in [9.17, 15) is 0 Å². The molecule has 0 amide bonds. The molecule has 0 aliphatic heterocycles. The van der Waals surface area contributed by atoms with Crippen molar-refractivity contribution >= 4 is 22.6 Å². The second kappa shape index (κ2) is 3.54. The quantitative estimate of drug-likeness (QED) is 0.770. The molecule has 1 aromatic rings. The minimum Gasteiger partial charge on any atom is -0.392 e. The number of aryl methyl sites for hydroxylation is 1. The summed E-state index contributed by atoms with van der Waals surface area (Å²) in [4.78, 5) is 0. The fourth-order valence-electron chi connectivity index (χ4n) is 0.979. The Morgan fingerprint density at radius 2 is 2.00 bits per heavy atom. The highest BCUT2D eigenvalue weighted by Crippen LogP contribution is 2.17. The predicted molar refractivity (Wildman–Crippen MR) is 54.6 cm³/mol. The van der Waals surface area contributed by atoms with E-state index in [0.717, 1.165) is 5.56 Å². The first kappa shape index (κ1) is 9.00. The van der Waals surface area contributed by atoms with Crippen molar-refractivity contribution in [3.63, 3.8) is 0 Å². The van der Waals surface area contributed by atoms with Gasteiger partial charge in [0, 0.05) is 3.57 Å². The zero-order valence-corrected chi connectivity index (χ0v) is 8.84. The van der Waals surface area contributed by atoms with Gasteiger partial charge in [0.1, 0.15) is 0 Å². The molecule has 0 aromatic heterocycles. The molecular weight excluding hydrogens is 251 g/mol. The van der Waals surface area contributed by atoms with Crippen LogP contribution in [-0.2, 0) is 6.61 Å². The fraction of sp³-hybridized carbons (Fsp3) is 0.333. The highest BCUT2D eigenvalue weighted by molar-refractivity contribution is 14.1. The second-order valence-corrected chi connectivity index (χ2v) is 3.84. The minimum atomic E-state index is 0.136. The van der Waals surface area contributed by atoms with Crippen LogP contribution in [0.3, 0.4) is 0 Å². The molecule has 0 heterocycles. The number of rotatable bonds is 1. The maximum absolute atomic E-state index is 8.87. The highest BCUT2D eigenvalue weighted by atomic mass is 127. The van der Waals surface area contributed by atoms with Crippen LogP contribution in [-0.4, -0.2) is 5.11 Å². The Morgan fingerprint density at radius 3 is 2.45 bits per heavy atom. The predicted octanol–water partition coefficient (Wildman–Crippen LogP) is 2.40. The molecule has 0 aliphatic rings. The van der Waals surface area contributed by atoms with Gasteiger partial charge in [-0.2, -0.15) is 0 Å². The normalized spacial score (nSPS) is 10.2. The lowest BCUT2D eigenvalue weighted by Crippen LogP contribution is -1.90. The number of hydrogen-bond acceptors (Lipinski definition) is 1. The van der Waals surface area contributed by atoms with Gasteiger partial charge in [-0.15, -0.1) is 0 Å². The van der Waals surface area contributed by atoms with Gasteiger partial charge in [-0.3, -0.25) is 0 Å². The van der Waals surface area contributed by atoms with Gasteiger partial charge in [0.2, 0.25) is 0 Å². The molecule has 1 nitrogen and oxygen atoms in total. The van der Waals surface area contributed by atoms with Gasteiger partial charge >= 0.3 is 0 Å². The summed E-state index contributed by atoms with van der Waals surface area (Å²) in [6.45, 7) is 4.30. The first-order valence-corrected chi connectivity index (χ1v) is 4.59. The second-order valence-electron chi connectivity index (χ2n) is 2.68. The number of aliphatic hydroxyl groups excluding tert-OH is 1. The Hall–Kier alpha value is -0.0900. The Balaban J connectivity index is 3.21. The molecule has 1 N–H and O–H groups in total. The van der Waals surface area contributed by atoms with Crippen LogP contribution in [0.25, 0.3) is 0 Å². The van der Waals surface area contributed by atoms with Crippen LogP contribution in [0.2, 0.25) is 0 Å². The molecule has 1 aromatic carbocycles. The van der Waals surface area contributed by atoms with Crippen molar-refractivity contribution in [1.29, 1.82) is 0 Å². The molecule has 1 rings (SSSR count). The Bertz CT molecular complexity index is 245. The summed E-state index contributed by atoms with van der Waals surface area (Å²) in [7, 11) is 0. The summed E-state index contributed by atoms with van der Waals surface area (Å²) in [5.41, 5.74) is 3.56. The average Bonchev–Trinajstić information content (AvgIpc) is 1.99. The number of halogens is 1. The molecule has 0 saturated carbocycles. The third-order valence-electron chi connectivity index (χ3n) is 1.85. The van der Waals surface area contributed by atoms with Crippen LogP contribution in [0, 0.1) is 17.4 Å². The standard InChI is InChI=1S/C9H11IO/c1-6-3-8(5-11)4-9(10)7(6)2/h3-4,11H,5H2,1-2H3. The summed E-state index contributed by atoms with van der Waals surface area (Å²) in [5.74, 6) is 0. The highest BCUT2D eigenvalue weighted by Gasteiger charge is 1.99. The van der Waals surface area contributed by atoms with E-state index in [1.165, 1.54) is 14.7 Å². The largest absolute Gasteiger partial charge is 0.392 e. The van der Waals surface area contributed by atoms with Crippen molar-refractivity contribution < 1.29 is 5.11 Å². The molecule has 0 fully saturated rings. The van der Waals surface area contributed by atoms with Gasteiger partial charge < -0.3 is 5.11 Å². The molecule has 0 atom stereocenters. The van der Waals surface area contributed by atoms with E-state index in [2.05, 4.69) is 36.4 Å². The van der Waals surface area contributed by atoms with Gasteiger partial charge in [-0.1, -0.05) is 6.07 Å². The van der Waals surface area contributed by atoms with Gasteiger partial charge in [0.25, 0.3) is 0 Å². The Kier molecular flexibility index (Phi) is 2.90. The summed E-state index contributed by atoms with van der Waals surface area (Å²) >= 11 is 2.29. The number of aliphatic hydroxyl groups is 1. The lowest BCUT2D eigenvalue weighted by molar-refractivity contribution is 0.281. The summed E-state index contributed by atoms with van der Waals surface area (Å²) in [6.07, 6.45) is 0. The van der Waals surface area contributed by atoms with Crippen LogP contribution in [0.1, 0.15) is 16.7 Å². The molecule has 0 saturated heterocycles. The molecule has 0 aliphatic carbocycles. The summed E-state index contributed by atoms with van der Waals surface area (Å²) in [5, 5.41) is 8.87. The van der Waals surface area contributed by atoms with Crippen LogP contribution in [0.4, 0.5) is 0 Å². The molecule has 60 valence electrons. The molecule has 11 heavy (non-hydrogen) atoms. The van der Waals surface area contributed by atoms with E-state index in [0.29, 0.717) is 0 Å². The van der Waals surface area contributed by atoms with E-state index in [1.54, 1.807) is 0 Å².